The molecule has 2 aromatic rings. The van der Waals surface area contributed by atoms with Crippen molar-refractivity contribution in [3.05, 3.63) is 17.3 Å². The lowest BCUT2D eigenvalue weighted by atomic mass is 10.1. The lowest BCUT2D eigenvalue weighted by Gasteiger charge is -2.18. The number of aromatic nitrogens is 1. The van der Waals surface area contributed by atoms with E-state index in [1.54, 1.807) is 21.3 Å². The van der Waals surface area contributed by atoms with E-state index in [0.717, 1.165) is 27.8 Å². The van der Waals surface area contributed by atoms with E-state index in [-0.39, 0.29) is 0 Å². The standard InChI is InChI=1S/C15H20N2O3/c1-8-9(2)17-10-7-11(18-4)14(19-5)15(20-6)12(10)13(8)16-3/h7H,1-6H3,(H,16,17). The van der Waals surface area contributed by atoms with Gasteiger partial charge in [-0.1, -0.05) is 0 Å². The SMILES string of the molecule is CNc1c(C)c(C)nc2cc(OC)c(OC)c(OC)c12. The molecule has 0 aliphatic rings. The van der Waals surface area contributed by atoms with Crippen LogP contribution in [0.25, 0.3) is 10.9 Å². The lowest BCUT2D eigenvalue weighted by molar-refractivity contribution is 0.327. The van der Waals surface area contributed by atoms with Crippen LogP contribution in [0, 0.1) is 13.8 Å². The summed E-state index contributed by atoms with van der Waals surface area (Å²) in [4.78, 5) is 4.62. The molecule has 108 valence electrons. The highest BCUT2D eigenvalue weighted by molar-refractivity contribution is 6.01. The fraction of sp³-hybridized carbons (Fsp3) is 0.400. The molecule has 0 fully saturated rings. The van der Waals surface area contributed by atoms with Gasteiger partial charge in [-0.15, -0.1) is 0 Å². The van der Waals surface area contributed by atoms with E-state index < -0.39 is 0 Å². The Balaban J connectivity index is 3.00. The van der Waals surface area contributed by atoms with E-state index in [1.807, 2.05) is 27.0 Å². The van der Waals surface area contributed by atoms with Crippen LogP contribution >= 0.6 is 0 Å². The first kappa shape index (κ1) is 14.2. The number of hydrogen-bond acceptors (Lipinski definition) is 5. The number of nitrogens with zero attached hydrogens (tertiary/aromatic N) is 1. The van der Waals surface area contributed by atoms with Crippen LogP contribution in [0.4, 0.5) is 5.69 Å². The molecule has 1 aromatic heterocycles. The summed E-state index contributed by atoms with van der Waals surface area (Å²) in [5.74, 6) is 1.81. The Morgan fingerprint density at radius 3 is 2.15 bits per heavy atom. The number of rotatable bonds is 4. The molecule has 1 aromatic carbocycles. The first-order valence-corrected chi connectivity index (χ1v) is 6.36. The highest BCUT2D eigenvalue weighted by Gasteiger charge is 2.20. The Bertz CT molecular complexity index is 654. The van der Waals surface area contributed by atoms with E-state index in [1.165, 1.54) is 0 Å². The zero-order valence-electron chi connectivity index (χ0n) is 12.7. The Kier molecular flexibility index (Phi) is 3.88. The highest BCUT2D eigenvalue weighted by Crippen LogP contribution is 2.46. The summed E-state index contributed by atoms with van der Waals surface area (Å²) in [6, 6.07) is 1.87. The van der Waals surface area contributed by atoms with Crippen LogP contribution < -0.4 is 19.5 Å². The summed E-state index contributed by atoms with van der Waals surface area (Å²) in [6.07, 6.45) is 0. The quantitative estimate of drug-likeness (QED) is 0.930. The zero-order valence-corrected chi connectivity index (χ0v) is 12.7. The van der Waals surface area contributed by atoms with E-state index in [4.69, 9.17) is 14.2 Å². The van der Waals surface area contributed by atoms with Gasteiger partial charge in [0.1, 0.15) is 0 Å². The van der Waals surface area contributed by atoms with Gasteiger partial charge in [0.05, 0.1) is 37.9 Å². The summed E-state index contributed by atoms with van der Waals surface area (Å²) in [6.45, 7) is 4.02. The molecule has 20 heavy (non-hydrogen) atoms. The fourth-order valence-electron chi connectivity index (χ4n) is 2.42. The number of anilines is 1. The molecule has 0 saturated heterocycles. The maximum absolute atomic E-state index is 5.54. The van der Waals surface area contributed by atoms with Crippen molar-refractivity contribution in [1.82, 2.24) is 4.98 Å². The molecule has 1 heterocycles. The van der Waals surface area contributed by atoms with Crippen molar-refractivity contribution in [2.45, 2.75) is 13.8 Å². The highest BCUT2D eigenvalue weighted by atomic mass is 16.5. The van der Waals surface area contributed by atoms with Gasteiger partial charge in [-0.25, -0.2) is 0 Å². The van der Waals surface area contributed by atoms with Crippen molar-refractivity contribution < 1.29 is 14.2 Å². The van der Waals surface area contributed by atoms with Gasteiger partial charge in [-0.05, 0) is 19.4 Å². The number of aryl methyl sites for hydroxylation is 1. The minimum absolute atomic E-state index is 0.573. The molecule has 0 bridgehead atoms. The van der Waals surface area contributed by atoms with Crippen LogP contribution in [0.3, 0.4) is 0 Å². The summed E-state index contributed by atoms with van der Waals surface area (Å²) >= 11 is 0. The molecule has 1 N–H and O–H groups in total. The third kappa shape index (κ3) is 1.99. The normalized spacial score (nSPS) is 10.5. The van der Waals surface area contributed by atoms with Crippen LogP contribution in [0.5, 0.6) is 17.2 Å². The number of fused-ring (bicyclic) bond motifs is 1. The summed E-state index contributed by atoms with van der Waals surface area (Å²) < 4.78 is 16.3. The smallest absolute Gasteiger partial charge is 0.204 e. The van der Waals surface area contributed by atoms with Crippen molar-refractivity contribution >= 4 is 16.6 Å². The third-order valence-corrected chi connectivity index (χ3v) is 3.52. The second-order valence-electron chi connectivity index (χ2n) is 4.49. The number of methoxy groups -OCH3 is 3. The minimum atomic E-state index is 0.573. The lowest BCUT2D eigenvalue weighted by Crippen LogP contribution is -2.02. The summed E-state index contributed by atoms with van der Waals surface area (Å²) in [5.41, 5.74) is 3.86. The van der Waals surface area contributed by atoms with Crippen LogP contribution in [0.2, 0.25) is 0 Å². The molecular weight excluding hydrogens is 256 g/mol. The van der Waals surface area contributed by atoms with Gasteiger partial charge in [0.15, 0.2) is 11.5 Å². The number of pyridine rings is 1. The second kappa shape index (κ2) is 5.45. The molecule has 0 amide bonds. The van der Waals surface area contributed by atoms with Gasteiger partial charge in [0, 0.05) is 18.8 Å². The van der Waals surface area contributed by atoms with Crippen LogP contribution in [-0.2, 0) is 0 Å². The van der Waals surface area contributed by atoms with E-state index in [0.29, 0.717) is 17.2 Å². The fourth-order valence-corrected chi connectivity index (χ4v) is 2.42. The Labute approximate surface area is 118 Å². The van der Waals surface area contributed by atoms with Gasteiger partial charge in [-0.2, -0.15) is 0 Å². The first-order chi connectivity index (χ1) is 9.58. The van der Waals surface area contributed by atoms with E-state index in [9.17, 15) is 0 Å². The first-order valence-electron chi connectivity index (χ1n) is 6.36. The molecule has 2 rings (SSSR count). The molecule has 0 radical (unpaired) electrons. The number of hydrogen-bond donors (Lipinski definition) is 1. The average Bonchev–Trinajstić information content (AvgIpc) is 2.46. The Hall–Kier alpha value is -2.17. The number of benzene rings is 1. The van der Waals surface area contributed by atoms with Crippen molar-refractivity contribution in [1.29, 1.82) is 0 Å². The predicted molar refractivity (Wildman–Crippen MR) is 80.4 cm³/mol. The van der Waals surface area contributed by atoms with Crippen molar-refractivity contribution in [2.75, 3.05) is 33.7 Å². The molecule has 0 aliphatic heterocycles. The topological polar surface area (TPSA) is 52.6 Å². The molecule has 0 aliphatic carbocycles. The molecule has 5 heteroatoms. The van der Waals surface area contributed by atoms with Gasteiger partial charge in [0.25, 0.3) is 0 Å². The molecule has 0 saturated carbocycles. The Morgan fingerprint density at radius 2 is 1.65 bits per heavy atom. The van der Waals surface area contributed by atoms with Crippen LogP contribution in [-0.4, -0.2) is 33.4 Å². The third-order valence-electron chi connectivity index (χ3n) is 3.52. The molecule has 0 spiro atoms. The summed E-state index contributed by atoms with van der Waals surface area (Å²) in [7, 11) is 6.70. The maximum atomic E-state index is 5.54. The van der Waals surface area contributed by atoms with Gasteiger partial charge < -0.3 is 19.5 Å². The maximum Gasteiger partial charge on any atom is 0.204 e. The number of ether oxygens (including phenoxy) is 3. The van der Waals surface area contributed by atoms with Crippen molar-refractivity contribution in [2.24, 2.45) is 0 Å². The summed E-state index contributed by atoms with van der Waals surface area (Å²) in [5, 5.41) is 4.13. The van der Waals surface area contributed by atoms with E-state index >= 15 is 0 Å². The second-order valence-corrected chi connectivity index (χ2v) is 4.49. The molecular formula is C15H20N2O3. The predicted octanol–water partition coefficient (Wildman–Crippen LogP) is 2.92. The zero-order chi connectivity index (χ0) is 14.9. The molecule has 0 atom stereocenters. The molecule has 0 unspecified atom stereocenters. The van der Waals surface area contributed by atoms with Crippen LogP contribution in [0.1, 0.15) is 11.3 Å². The van der Waals surface area contributed by atoms with Crippen molar-refractivity contribution in [3.8, 4) is 17.2 Å². The largest absolute Gasteiger partial charge is 0.493 e. The molecule has 5 nitrogen and oxygen atoms in total. The average molecular weight is 276 g/mol. The van der Waals surface area contributed by atoms with Crippen molar-refractivity contribution in [3.63, 3.8) is 0 Å². The van der Waals surface area contributed by atoms with Gasteiger partial charge in [-0.3, -0.25) is 4.98 Å². The number of nitrogens with one attached hydrogen (secondary N) is 1. The van der Waals surface area contributed by atoms with Gasteiger partial charge in [0.2, 0.25) is 5.75 Å². The van der Waals surface area contributed by atoms with E-state index in [2.05, 4.69) is 10.3 Å². The minimum Gasteiger partial charge on any atom is -0.493 e. The van der Waals surface area contributed by atoms with Gasteiger partial charge >= 0.3 is 0 Å². The monoisotopic (exact) mass is 276 g/mol. The Morgan fingerprint density at radius 1 is 1.00 bits per heavy atom. The van der Waals surface area contributed by atoms with Crippen LogP contribution in [0.15, 0.2) is 6.07 Å².